The van der Waals surface area contributed by atoms with E-state index in [0.29, 0.717) is 25.9 Å². The Hall–Kier alpha value is -0.160. The van der Waals surface area contributed by atoms with Crippen LogP contribution in [-0.2, 0) is 0 Å². The third-order valence-corrected chi connectivity index (χ3v) is 2.41. The van der Waals surface area contributed by atoms with Gasteiger partial charge in [-0.3, -0.25) is 0 Å². The highest BCUT2D eigenvalue weighted by Crippen LogP contribution is 2.23. The molecule has 0 bridgehead atoms. The highest BCUT2D eigenvalue weighted by molar-refractivity contribution is 4.83. The van der Waals surface area contributed by atoms with Crippen LogP contribution in [0, 0.1) is 0 Å². The smallest absolute Gasteiger partial charge is 0.0903 e. The molecular weight excluding hydrogens is 168 g/mol. The summed E-state index contributed by atoms with van der Waals surface area (Å²) in [6, 6.07) is 0. The predicted molar refractivity (Wildman–Crippen MR) is 53.2 cm³/mol. The molecule has 0 spiro atoms. The first-order valence-electron chi connectivity index (χ1n) is 4.87. The average molecular weight is 190 g/mol. The van der Waals surface area contributed by atoms with Crippen LogP contribution < -0.4 is 11.5 Å². The first-order chi connectivity index (χ1) is 6.06. The van der Waals surface area contributed by atoms with Crippen molar-refractivity contribution in [1.82, 2.24) is 0 Å². The molecule has 1 unspecified atom stereocenters. The maximum absolute atomic E-state index is 9.99. The Balaban J connectivity index is 4.00. The third kappa shape index (κ3) is 4.57. The largest absolute Gasteiger partial charge is 0.390 e. The van der Waals surface area contributed by atoms with Crippen LogP contribution in [0.3, 0.4) is 0 Å². The van der Waals surface area contributed by atoms with Crippen LogP contribution in [-0.4, -0.2) is 35.0 Å². The van der Waals surface area contributed by atoms with Gasteiger partial charge in [0.15, 0.2) is 0 Å². The van der Waals surface area contributed by atoms with Crippen molar-refractivity contribution in [2.75, 3.05) is 13.1 Å². The zero-order chi connectivity index (χ0) is 10.3. The van der Waals surface area contributed by atoms with Crippen LogP contribution in [0.5, 0.6) is 0 Å². The second-order valence-corrected chi connectivity index (χ2v) is 3.56. The number of rotatable bonds is 7. The van der Waals surface area contributed by atoms with Gasteiger partial charge in [0.1, 0.15) is 0 Å². The summed E-state index contributed by atoms with van der Waals surface area (Å²) in [5, 5.41) is 19.4. The Labute approximate surface area is 79.9 Å². The van der Waals surface area contributed by atoms with Crippen molar-refractivity contribution in [3.63, 3.8) is 0 Å². The first kappa shape index (κ1) is 12.8. The third-order valence-electron chi connectivity index (χ3n) is 2.41. The Morgan fingerprint density at radius 1 is 1.15 bits per heavy atom. The summed E-state index contributed by atoms with van der Waals surface area (Å²) in [6.07, 6.45) is 1.82. The predicted octanol–water partition coefficient (Wildman–Crippen LogP) is -0.424. The molecule has 0 aromatic heterocycles. The lowest BCUT2D eigenvalue weighted by Crippen LogP contribution is -2.41. The van der Waals surface area contributed by atoms with Crippen LogP contribution >= 0.6 is 0 Å². The molecule has 13 heavy (non-hydrogen) atoms. The number of hydrogen-bond acceptors (Lipinski definition) is 4. The lowest BCUT2D eigenvalue weighted by Gasteiger charge is -2.31. The van der Waals surface area contributed by atoms with E-state index in [2.05, 4.69) is 0 Å². The van der Waals surface area contributed by atoms with Crippen molar-refractivity contribution in [3.05, 3.63) is 0 Å². The fourth-order valence-electron chi connectivity index (χ4n) is 1.36. The molecule has 0 amide bonds. The van der Waals surface area contributed by atoms with Gasteiger partial charge in [0.05, 0.1) is 11.7 Å². The highest BCUT2D eigenvalue weighted by atomic mass is 16.3. The Morgan fingerprint density at radius 3 is 1.77 bits per heavy atom. The average Bonchev–Trinajstić information content (AvgIpc) is 2.11. The highest BCUT2D eigenvalue weighted by Gasteiger charge is 2.30. The zero-order valence-electron chi connectivity index (χ0n) is 8.37. The van der Waals surface area contributed by atoms with Gasteiger partial charge in [-0.2, -0.15) is 0 Å². The molecule has 4 heteroatoms. The van der Waals surface area contributed by atoms with Gasteiger partial charge < -0.3 is 21.7 Å². The normalized spacial score (nSPS) is 14.5. The van der Waals surface area contributed by atoms with Crippen LogP contribution in [0.1, 0.15) is 32.6 Å². The van der Waals surface area contributed by atoms with Crippen LogP contribution in [0.25, 0.3) is 0 Å². The van der Waals surface area contributed by atoms with Gasteiger partial charge in [0.25, 0.3) is 0 Å². The second kappa shape index (κ2) is 6.32. The van der Waals surface area contributed by atoms with Crippen LogP contribution in [0.2, 0.25) is 0 Å². The summed E-state index contributed by atoms with van der Waals surface area (Å²) in [5.41, 5.74) is 9.69. The van der Waals surface area contributed by atoms with E-state index in [4.69, 9.17) is 11.5 Å². The van der Waals surface area contributed by atoms with Gasteiger partial charge in [0.2, 0.25) is 0 Å². The standard InChI is InChI=1S/C9H22N2O2/c1-8(12)9(13,4-2-6-10)5-3-7-11/h8,12-13H,2-7,10-11H2,1H3. The summed E-state index contributed by atoms with van der Waals surface area (Å²) in [4.78, 5) is 0. The van der Waals surface area contributed by atoms with Gasteiger partial charge in [-0.25, -0.2) is 0 Å². The Kier molecular flexibility index (Phi) is 6.24. The number of nitrogens with two attached hydrogens (primary N) is 2. The molecule has 6 N–H and O–H groups in total. The fraction of sp³-hybridized carbons (Fsp3) is 1.00. The van der Waals surface area contributed by atoms with Crippen molar-refractivity contribution in [1.29, 1.82) is 0 Å². The molecule has 0 saturated carbocycles. The van der Waals surface area contributed by atoms with Gasteiger partial charge in [-0.05, 0) is 45.7 Å². The van der Waals surface area contributed by atoms with Crippen molar-refractivity contribution in [2.45, 2.75) is 44.3 Å². The van der Waals surface area contributed by atoms with Crippen molar-refractivity contribution in [3.8, 4) is 0 Å². The summed E-state index contributed by atoms with van der Waals surface area (Å²) < 4.78 is 0. The number of hydrogen-bond donors (Lipinski definition) is 4. The van der Waals surface area contributed by atoms with Gasteiger partial charge in [-0.1, -0.05) is 0 Å². The summed E-state index contributed by atoms with van der Waals surface area (Å²) in [7, 11) is 0. The summed E-state index contributed by atoms with van der Waals surface area (Å²) in [6.45, 7) is 2.68. The van der Waals surface area contributed by atoms with Gasteiger partial charge in [-0.15, -0.1) is 0 Å². The van der Waals surface area contributed by atoms with E-state index in [1.54, 1.807) is 6.92 Å². The lowest BCUT2D eigenvalue weighted by atomic mass is 9.87. The topological polar surface area (TPSA) is 92.5 Å². The fourth-order valence-corrected chi connectivity index (χ4v) is 1.36. The van der Waals surface area contributed by atoms with Crippen molar-refractivity contribution >= 4 is 0 Å². The van der Waals surface area contributed by atoms with E-state index in [1.807, 2.05) is 0 Å². The summed E-state index contributed by atoms with van der Waals surface area (Å²) >= 11 is 0. The van der Waals surface area contributed by atoms with E-state index in [0.717, 1.165) is 12.8 Å². The minimum Gasteiger partial charge on any atom is -0.390 e. The van der Waals surface area contributed by atoms with E-state index in [9.17, 15) is 10.2 Å². The SMILES string of the molecule is CC(O)C(O)(CCCN)CCCN. The molecule has 0 aliphatic heterocycles. The molecule has 4 nitrogen and oxygen atoms in total. The molecule has 0 aromatic carbocycles. The molecule has 0 heterocycles. The van der Waals surface area contributed by atoms with Gasteiger partial charge >= 0.3 is 0 Å². The molecule has 0 radical (unpaired) electrons. The van der Waals surface area contributed by atoms with E-state index < -0.39 is 11.7 Å². The molecule has 0 rings (SSSR count). The molecule has 0 aromatic rings. The molecule has 0 aliphatic rings. The molecule has 0 fully saturated rings. The molecule has 0 saturated heterocycles. The minimum atomic E-state index is -1.00. The lowest BCUT2D eigenvalue weighted by molar-refractivity contribution is -0.0784. The molecule has 0 aliphatic carbocycles. The Morgan fingerprint density at radius 2 is 1.54 bits per heavy atom. The molecule has 80 valence electrons. The quantitative estimate of drug-likeness (QED) is 0.438. The van der Waals surface area contributed by atoms with E-state index in [-0.39, 0.29) is 0 Å². The van der Waals surface area contributed by atoms with Crippen molar-refractivity contribution in [2.24, 2.45) is 11.5 Å². The maximum Gasteiger partial charge on any atom is 0.0903 e. The van der Waals surface area contributed by atoms with E-state index in [1.165, 1.54) is 0 Å². The molecular formula is C9H22N2O2. The monoisotopic (exact) mass is 190 g/mol. The maximum atomic E-state index is 9.99. The summed E-state index contributed by atoms with van der Waals surface area (Å²) in [5.74, 6) is 0. The van der Waals surface area contributed by atoms with Crippen LogP contribution in [0.4, 0.5) is 0 Å². The first-order valence-corrected chi connectivity index (χ1v) is 4.87. The Bertz CT molecular complexity index is 121. The minimum absolute atomic E-state index is 0.539. The molecule has 1 atom stereocenters. The van der Waals surface area contributed by atoms with Gasteiger partial charge in [0, 0.05) is 0 Å². The number of aliphatic hydroxyl groups is 2. The van der Waals surface area contributed by atoms with Crippen LogP contribution in [0.15, 0.2) is 0 Å². The number of aliphatic hydroxyl groups excluding tert-OH is 1. The zero-order valence-corrected chi connectivity index (χ0v) is 8.37. The van der Waals surface area contributed by atoms with E-state index >= 15 is 0 Å². The second-order valence-electron chi connectivity index (χ2n) is 3.56. The van der Waals surface area contributed by atoms with Crippen molar-refractivity contribution < 1.29 is 10.2 Å².